The molecule has 5 nitrogen and oxygen atoms in total. The monoisotopic (exact) mass is 294 g/mol. The fraction of sp³-hybridized carbons (Fsp3) is 0.357. The average Bonchev–Trinajstić information content (AvgIpc) is 2.46. The van der Waals surface area contributed by atoms with Crippen LogP contribution in [0, 0.1) is 0 Å². The second-order valence-electron chi connectivity index (χ2n) is 4.73. The minimum absolute atomic E-state index is 0.00825. The topological polar surface area (TPSA) is 66.5 Å². The molecule has 1 atom stereocenters. The molecule has 1 amide bonds. The zero-order chi connectivity index (χ0) is 14.6. The second kappa shape index (κ2) is 6.19. The number of rotatable bonds is 5. The van der Waals surface area contributed by atoms with Crippen molar-refractivity contribution in [3.8, 4) is 0 Å². The summed E-state index contributed by atoms with van der Waals surface area (Å²) in [5, 5.41) is 3.79. The Balaban J connectivity index is 2.13. The van der Waals surface area contributed by atoms with Crippen LogP contribution < -0.4 is 5.32 Å². The first-order valence-electron chi connectivity index (χ1n) is 6.43. The molecule has 1 aliphatic rings. The Labute approximate surface area is 119 Å². The molecule has 1 aliphatic heterocycles. The van der Waals surface area contributed by atoms with Crippen molar-refractivity contribution < 1.29 is 13.2 Å². The molecule has 1 saturated heterocycles. The Morgan fingerprint density at radius 1 is 1.35 bits per heavy atom. The molecule has 2 rings (SSSR count). The van der Waals surface area contributed by atoms with Gasteiger partial charge in [-0.15, -0.1) is 0 Å². The lowest BCUT2D eigenvalue weighted by Gasteiger charge is -2.35. The Morgan fingerprint density at radius 2 is 2.05 bits per heavy atom. The SMILES string of the molecule is C=CS(=O)(=O)CCN1CC(=O)NCC1c1ccccc1. The Kier molecular flexibility index (Phi) is 4.57. The molecule has 108 valence electrons. The number of sulfone groups is 1. The lowest BCUT2D eigenvalue weighted by atomic mass is 10.0. The van der Waals surface area contributed by atoms with E-state index in [-0.39, 0.29) is 24.2 Å². The molecule has 1 N–H and O–H groups in total. The maximum atomic E-state index is 11.5. The molecule has 1 heterocycles. The van der Waals surface area contributed by atoms with E-state index in [1.807, 2.05) is 35.2 Å². The third-order valence-electron chi connectivity index (χ3n) is 3.38. The zero-order valence-electron chi connectivity index (χ0n) is 11.2. The van der Waals surface area contributed by atoms with Crippen molar-refractivity contribution in [2.24, 2.45) is 0 Å². The van der Waals surface area contributed by atoms with Crippen LogP contribution in [0.4, 0.5) is 0 Å². The Bertz CT molecular complexity index is 584. The summed E-state index contributed by atoms with van der Waals surface area (Å²) in [5.74, 6) is -0.0965. The van der Waals surface area contributed by atoms with E-state index in [1.165, 1.54) is 0 Å². The van der Waals surface area contributed by atoms with Gasteiger partial charge in [-0.05, 0) is 5.56 Å². The van der Waals surface area contributed by atoms with Gasteiger partial charge in [-0.1, -0.05) is 36.9 Å². The number of benzene rings is 1. The van der Waals surface area contributed by atoms with Gasteiger partial charge in [0.05, 0.1) is 18.3 Å². The highest BCUT2D eigenvalue weighted by Crippen LogP contribution is 2.22. The molecule has 0 radical (unpaired) electrons. The average molecular weight is 294 g/mol. The number of carbonyl (C=O) groups excluding carboxylic acids is 1. The van der Waals surface area contributed by atoms with E-state index in [1.54, 1.807) is 0 Å². The van der Waals surface area contributed by atoms with E-state index in [0.29, 0.717) is 13.1 Å². The largest absolute Gasteiger partial charge is 0.353 e. The van der Waals surface area contributed by atoms with E-state index in [4.69, 9.17) is 0 Å². The molecule has 0 bridgehead atoms. The molecule has 1 unspecified atom stereocenters. The van der Waals surface area contributed by atoms with Gasteiger partial charge in [0.25, 0.3) is 0 Å². The molecule has 0 aromatic heterocycles. The predicted octanol–water partition coefficient (Wildman–Crippen LogP) is 0.718. The highest BCUT2D eigenvalue weighted by atomic mass is 32.2. The van der Waals surface area contributed by atoms with E-state index in [0.717, 1.165) is 11.0 Å². The van der Waals surface area contributed by atoms with E-state index >= 15 is 0 Å². The maximum Gasteiger partial charge on any atom is 0.234 e. The standard InChI is InChI=1S/C14H18N2O3S/c1-2-20(18,19)9-8-16-11-14(17)15-10-13(16)12-6-4-3-5-7-12/h2-7,13H,1,8-11H2,(H,15,17). The fourth-order valence-electron chi connectivity index (χ4n) is 2.26. The highest BCUT2D eigenvalue weighted by Gasteiger charge is 2.28. The van der Waals surface area contributed by atoms with Gasteiger partial charge in [0.15, 0.2) is 9.84 Å². The summed E-state index contributed by atoms with van der Waals surface area (Å²) in [5.41, 5.74) is 1.07. The number of piperazine rings is 1. The number of nitrogens with zero attached hydrogens (tertiary/aromatic N) is 1. The van der Waals surface area contributed by atoms with Crippen molar-refractivity contribution in [2.75, 3.05) is 25.4 Å². The van der Waals surface area contributed by atoms with E-state index < -0.39 is 9.84 Å². The second-order valence-corrected chi connectivity index (χ2v) is 6.80. The van der Waals surface area contributed by atoms with Gasteiger partial charge in [-0.25, -0.2) is 8.42 Å². The number of nitrogens with one attached hydrogen (secondary N) is 1. The van der Waals surface area contributed by atoms with Crippen molar-refractivity contribution in [1.82, 2.24) is 10.2 Å². The minimum atomic E-state index is -3.25. The summed E-state index contributed by atoms with van der Waals surface area (Å²) in [6.07, 6.45) is 0. The number of carbonyl (C=O) groups is 1. The predicted molar refractivity (Wildman–Crippen MR) is 77.7 cm³/mol. The van der Waals surface area contributed by atoms with Crippen LogP contribution in [-0.4, -0.2) is 44.6 Å². The van der Waals surface area contributed by atoms with Crippen molar-refractivity contribution >= 4 is 15.7 Å². The van der Waals surface area contributed by atoms with Gasteiger partial charge in [0.1, 0.15) is 0 Å². The lowest BCUT2D eigenvalue weighted by molar-refractivity contribution is -0.125. The van der Waals surface area contributed by atoms with Crippen LogP contribution in [0.25, 0.3) is 0 Å². The van der Waals surface area contributed by atoms with Crippen molar-refractivity contribution in [3.63, 3.8) is 0 Å². The van der Waals surface area contributed by atoms with Crippen LogP contribution >= 0.6 is 0 Å². The summed E-state index contributed by atoms with van der Waals surface area (Å²) in [4.78, 5) is 13.4. The van der Waals surface area contributed by atoms with Crippen LogP contribution in [0.1, 0.15) is 11.6 Å². The molecule has 6 heteroatoms. The van der Waals surface area contributed by atoms with Crippen molar-refractivity contribution in [2.45, 2.75) is 6.04 Å². The molecule has 1 aromatic rings. The number of hydrogen-bond donors (Lipinski definition) is 1. The summed E-state index contributed by atoms with van der Waals surface area (Å²) < 4.78 is 23.0. The molecule has 1 fully saturated rings. The summed E-state index contributed by atoms with van der Waals surface area (Å²) in [7, 11) is -3.25. The van der Waals surface area contributed by atoms with Crippen LogP contribution in [0.2, 0.25) is 0 Å². The maximum absolute atomic E-state index is 11.5. The summed E-state index contributed by atoms with van der Waals surface area (Å²) in [6.45, 7) is 4.33. The van der Waals surface area contributed by atoms with Crippen molar-refractivity contribution in [3.05, 3.63) is 47.9 Å². The zero-order valence-corrected chi connectivity index (χ0v) is 12.0. The minimum Gasteiger partial charge on any atom is -0.353 e. The third-order valence-corrected chi connectivity index (χ3v) is 4.64. The molecule has 0 spiro atoms. The van der Waals surface area contributed by atoms with Gasteiger partial charge in [-0.3, -0.25) is 9.69 Å². The van der Waals surface area contributed by atoms with Crippen LogP contribution in [0.15, 0.2) is 42.3 Å². The highest BCUT2D eigenvalue weighted by molar-refractivity contribution is 7.94. The molecular formula is C14H18N2O3S. The molecule has 1 aromatic carbocycles. The quantitative estimate of drug-likeness (QED) is 0.869. The van der Waals surface area contributed by atoms with Gasteiger partial charge < -0.3 is 5.32 Å². The summed E-state index contributed by atoms with van der Waals surface area (Å²) in [6, 6.07) is 9.77. The van der Waals surface area contributed by atoms with Gasteiger partial charge in [-0.2, -0.15) is 0 Å². The smallest absolute Gasteiger partial charge is 0.234 e. The first-order valence-corrected chi connectivity index (χ1v) is 8.14. The Morgan fingerprint density at radius 3 is 2.70 bits per heavy atom. The molecule has 0 aliphatic carbocycles. The number of amides is 1. The number of hydrogen-bond acceptors (Lipinski definition) is 4. The van der Waals surface area contributed by atoms with E-state index in [9.17, 15) is 13.2 Å². The Hall–Kier alpha value is -1.66. The first-order chi connectivity index (χ1) is 9.52. The van der Waals surface area contributed by atoms with Crippen LogP contribution in [0.5, 0.6) is 0 Å². The van der Waals surface area contributed by atoms with Gasteiger partial charge in [0, 0.05) is 18.5 Å². The first kappa shape index (κ1) is 14.7. The summed E-state index contributed by atoms with van der Waals surface area (Å²) >= 11 is 0. The lowest BCUT2D eigenvalue weighted by Crippen LogP contribution is -2.50. The van der Waals surface area contributed by atoms with Gasteiger partial charge >= 0.3 is 0 Å². The van der Waals surface area contributed by atoms with Crippen LogP contribution in [-0.2, 0) is 14.6 Å². The fourth-order valence-corrected chi connectivity index (χ4v) is 2.91. The normalized spacial score (nSPS) is 20.4. The van der Waals surface area contributed by atoms with Gasteiger partial charge in [0.2, 0.25) is 5.91 Å². The van der Waals surface area contributed by atoms with Crippen LogP contribution in [0.3, 0.4) is 0 Å². The molecule has 20 heavy (non-hydrogen) atoms. The van der Waals surface area contributed by atoms with E-state index in [2.05, 4.69) is 11.9 Å². The van der Waals surface area contributed by atoms with Crippen molar-refractivity contribution in [1.29, 1.82) is 0 Å². The molecule has 0 saturated carbocycles. The molecular weight excluding hydrogens is 276 g/mol. The third kappa shape index (κ3) is 3.68.